The fraction of sp³-hybridized carbons (Fsp3) is 0.143. The van der Waals surface area contributed by atoms with Crippen molar-refractivity contribution in [2.75, 3.05) is 4.90 Å². The van der Waals surface area contributed by atoms with E-state index >= 15 is 0 Å². The van der Waals surface area contributed by atoms with Crippen LogP contribution in [0.3, 0.4) is 0 Å². The lowest BCUT2D eigenvalue weighted by molar-refractivity contribution is 0.660. The lowest BCUT2D eigenvalue weighted by atomic mass is 9.82. The van der Waals surface area contributed by atoms with Crippen molar-refractivity contribution in [3.05, 3.63) is 136 Å². The molecule has 0 spiro atoms. The smallest absolute Gasteiger partial charge is 0.0465 e. The number of allylic oxidation sites excluding steroid dienone is 4. The third kappa shape index (κ3) is 4.45. The Kier molecular flexibility index (Phi) is 6.11. The molecule has 6 rings (SSSR count). The number of hydrogen-bond acceptors (Lipinski definition) is 1. The Morgan fingerprint density at radius 2 is 1.32 bits per heavy atom. The molecule has 2 heteroatoms. The molecule has 0 amide bonds. The van der Waals surface area contributed by atoms with E-state index in [1.165, 1.54) is 32.3 Å². The minimum Gasteiger partial charge on any atom is -0.310 e. The van der Waals surface area contributed by atoms with Gasteiger partial charge in [0.2, 0.25) is 0 Å². The van der Waals surface area contributed by atoms with E-state index in [4.69, 9.17) is 0 Å². The molecule has 0 unspecified atom stereocenters. The van der Waals surface area contributed by atoms with Gasteiger partial charge in [0.25, 0.3) is 0 Å². The van der Waals surface area contributed by atoms with E-state index in [1.54, 1.807) is 0 Å². The van der Waals surface area contributed by atoms with Gasteiger partial charge in [0.15, 0.2) is 0 Å². The number of para-hydroxylation sites is 1. The van der Waals surface area contributed by atoms with Crippen molar-refractivity contribution >= 4 is 33.0 Å². The van der Waals surface area contributed by atoms with Crippen LogP contribution in [0.4, 0.5) is 17.1 Å². The van der Waals surface area contributed by atoms with Crippen molar-refractivity contribution in [1.29, 1.82) is 0 Å². The number of nitrogens with zero attached hydrogens (tertiary/aromatic N) is 1. The lowest BCUT2D eigenvalue weighted by Crippen LogP contribution is -2.16. The van der Waals surface area contributed by atoms with E-state index in [0.29, 0.717) is 0 Å². The normalized spacial score (nSPS) is 15.0. The Morgan fingerprint density at radius 1 is 0.649 bits per heavy atom. The molecule has 0 saturated heterocycles. The van der Waals surface area contributed by atoms with Crippen LogP contribution >= 0.6 is 15.9 Å². The average molecular weight is 543 g/mol. The Labute approximate surface area is 228 Å². The van der Waals surface area contributed by atoms with Crippen LogP contribution in [0.25, 0.3) is 11.1 Å². The summed E-state index contributed by atoms with van der Waals surface area (Å²) in [6.45, 7) is 4.66. The second-order valence-electron chi connectivity index (χ2n) is 10.2. The zero-order chi connectivity index (χ0) is 25.4. The molecule has 0 fully saturated rings. The summed E-state index contributed by atoms with van der Waals surface area (Å²) in [6, 6.07) is 34.9. The first-order chi connectivity index (χ1) is 18.0. The predicted octanol–water partition coefficient (Wildman–Crippen LogP) is 9.81. The van der Waals surface area contributed by atoms with Crippen molar-refractivity contribution in [2.45, 2.75) is 32.1 Å². The maximum absolute atomic E-state index is 3.57. The molecule has 0 aliphatic heterocycles. The number of anilines is 3. The van der Waals surface area contributed by atoms with Gasteiger partial charge in [-0.25, -0.2) is 0 Å². The topological polar surface area (TPSA) is 3.24 Å². The van der Waals surface area contributed by atoms with Gasteiger partial charge in [0.1, 0.15) is 0 Å². The number of benzene rings is 4. The molecular formula is C35H28BrN. The van der Waals surface area contributed by atoms with Crippen LogP contribution in [-0.2, 0) is 5.41 Å². The van der Waals surface area contributed by atoms with E-state index in [2.05, 4.69) is 156 Å². The molecule has 1 nitrogen and oxygen atoms in total. The third-order valence-electron chi connectivity index (χ3n) is 7.43. The van der Waals surface area contributed by atoms with Gasteiger partial charge in [-0.1, -0.05) is 96.2 Å². The summed E-state index contributed by atoms with van der Waals surface area (Å²) >= 11 is 3.57. The number of hydrogen-bond donors (Lipinski definition) is 0. The van der Waals surface area contributed by atoms with E-state index < -0.39 is 0 Å². The van der Waals surface area contributed by atoms with Crippen molar-refractivity contribution in [1.82, 2.24) is 0 Å². The molecule has 2 aliphatic rings. The Balaban J connectivity index is 1.38. The molecule has 0 atom stereocenters. The molecule has 4 aromatic carbocycles. The molecule has 0 heterocycles. The van der Waals surface area contributed by atoms with E-state index in [0.717, 1.165) is 35.5 Å². The second-order valence-corrected chi connectivity index (χ2v) is 11.2. The van der Waals surface area contributed by atoms with Crippen molar-refractivity contribution in [2.24, 2.45) is 0 Å². The van der Waals surface area contributed by atoms with Crippen molar-refractivity contribution < 1.29 is 0 Å². The summed E-state index contributed by atoms with van der Waals surface area (Å²) < 4.78 is 1.24. The van der Waals surface area contributed by atoms with Crippen LogP contribution < -0.4 is 4.90 Å². The predicted molar refractivity (Wildman–Crippen MR) is 160 cm³/mol. The second kappa shape index (κ2) is 9.58. The van der Waals surface area contributed by atoms with Gasteiger partial charge in [0.05, 0.1) is 0 Å². The summed E-state index contributed by atoms with van der Waals surface area (Å²) in [5, 5.41) is 0. The SMILES string of the molecule is CC1(C)c2ccccc2-c2ccc(N(c3ccccc3)c3ccc(C#CC4=CC=C(Br)CC4)cc3)cc21. The zero-order valence-corrected chi connectivity index (χ0v) is 22.7. The first kappa shape index (κ1) is 23.6. The molecule has 4 aromatic rings. The highest BCUT2D eigenvalue weighted by Gasteiger charge is 2.35. The minimum atomic E-state index is -0.0394. The maximum atomic E-state index is 3.57. The highest BCUT2D eigenvalue weighted by Crippen LogP contribution is 2.50. The highest BCUT2D eigenvalue weighted by molar-refractivity contribution is 9.11. The van der Waals surface area contributed by atoms with Crippen molar-refractivity contribution in [3.63, 3.8) is 0 Å². The fourth-order valence-corrected chi connectivity index (χ4v) is 5.75. The summed E-state index contributed by atoms with van der Waals surface area (Å²) in [7, 11) is 0. The standard InChI is InChI=1S/C35H28BrN/c1-35(2)33-11-7-6-10-31(33)32-23-22-30(24-34(32)35)37(28-8-4-3-5-9-28)29-20-16-26(17-21-29)13-12-25-14-18-27(36)19-15-25/h3-11,14,16-18,20-24H,15,19H2,1-2H3. The van der Waals surface area contributed by atoms with E-state index in [-0.39, 0.29) is 5.41 Å². The maximum Gasteiger partial charge on any atom is 0.0465 e. The molecule has 180 valence electrons. The van der Waals surface area contributed by atoms with Crippen LogP contribution in [0.1, 0.15) is 43.4 Å². The first-order valence-electron chi connectivity index (χ1n) is 12.8. The summed E-state index contributed by atoms with van der Waals surface area (Å²) in [5.41, 5.74) is 11.0. The Hall–Kier alpha value is -3.80. The van der Waals surface area contributed by atoms with Gasteiger partial charge in [-0.3, -0.25) is 0 Å². The quantitative estimate of drug-likeness (QED) is 0.233. The monoisotopic (exact) mass is 541 g/mol. The number of fused-ring (bicyclic) bond motifs is 3. The molecule has 0 aromatic heterocycles. The number of halogens is 1. The lowest BCUT2D eigenvalue weighted by Gasteiger charge is -2.28. The van der Waals surface area contributed by atoms with Gasteiger partial charge < -0.3 is 4.90 Å². The fourth-order valence-electron chi connectivity index (χ4n) is 5.42. The number of rotatable bonds is 3. The average Bonchev–Trinajstić information content (AvgIpc) is 3.16. The summed E-state index contributed by atoms with van der Waals surface area (Å²) in [6.07, 6.45) is 6.22. The van der Waals surface area contributed by atoms with Gasteiger partial charge in [-0.05, 0) is 94.2 Å². The van der Waals surface area contributed by atoms with Gasteiger partial charge >= 0.3 is 0 Å². The van der Waals surface area contributed by atoms with Crippen molar-refractivity contribution in [3.8, 4) is 23.0 Å². The van der Waals surface area contributed by atoms with Gasteiger partial charge in [-0.2, -0.15) is 0 Å². The van der Waals surface area contributed by atoms with Crippen LogP contribution in [0, 0.1) is 11.8 Å². The molecular weight excluding hydrogens is 514 g/mol. The molecule has 0 N–H and O–H groups in total. The minimum absolute atomic E-state index is 0.0394. The van der Waals surface area contributed by atoms with Crippen LogP contribution in [0.2, 0.25) is 0 Å². The van der Waals surface area contributed by atoms with Crippen LogP contribution in [0.15, 0.2) is 119 Å². The van der Waals surface area contributed by atoms with Gasteiger partial charge in [0, 0.05) is 33.6 Å². The largest absolute Gasteiger partial charge is 0.310 e. The third-order valence-corrected chi connectivity index (χ3v) is 8.09. The Morgan fingerprint density at radius 3 is 2.08 bits per heavy atom. The molecule has 0 saturated carbocycles. The summed E-state index contributed by atoms with van der Waals surface area (Å²) in [5.74, 6) is 6.70. The van der Waals surface area contributed by atoms with E-state index in [9.17, 15) is 0 Å². The van der Waals surface area contributed by atoms with Crippen LogP contribution in [-0.4, -0.2) is 0 Å². The van der Waals surface area contributed by atoms with Crippen LogP contribution in [0.5, 0.6) is 0 Å². The zero-order valence-electron chi connectivity index (χ0n) is 21.1. The molecule has 0 bridgehead atoms. The van der Waals surface area contributed by atoms with E-state index in [1.807, 2.05) is 0 Å². The Bertz CT molecular complexity index is 1590. The molecule has 2 aliphatic carbocycles. The van der Waals surface area contributed by atoms with Gasteiger partial charge in [-0.15, -0.1) is 0 Å². The highest BCUT2D eigenvalue weighted by atomic mass is 79.9. The molecule has 0 radical (unpaired) electrons. The first-order valence-corrected chi connectivity index (χ1v) is 13.6. The molecule has 37 heavy (non-hydrogen) atoms. The summed E-state index contributed by atoms with van der Waals surface area (Å²) in [4.78, 5) is 2.34.